The SMILES string of the molecule is CC[C@@H](N(NC(=O)c1cccc(OC)c1C)C(=O)c1cc(C)cc(C)c1)C(C)(C)C. The number of nitrogens with one attached hydrogen (secondary N) is 1. The summed E-state index contributed by atoms with van der Waals surface area (Å²) in [4.78, 5) is 26.8. The third-order valence-corrected chi connectivity index (χ3v) is 5.36. The summed E-state index contributed by atoms with van der Waals surface area (Å²) in [5, 5.41) is 1.51. The smallest absolute Gasteiger partial charge is 0.272 e. The molecular weight excluding hydrogens is 376 g/mol. The second kappa shape index (κ2) is 9.33. The van der Waals surface area contributed by atoms with Crippen molar-refractivity contribution in [3.8, 4) is 5.75 Å². The molecule has 0 bridgehead atoms. The average molecular weight is 411 g/mol. The fourth-order valence-electron chi connectivity index (χ4n) is 3.94. The lowest BCUT2D eigenvalue weighted by molar-refractivity contribution is 0.0284. The summed E-state index contributed by atoms with van der Waals surface area (Å²) in [6.07, 6.45) is 0.706. The van der Waals surface area contributed by atoms with Crippen LogP contribution < -0.4 is 10.2 Å². The van der Waals surface area contributed by atoms with E-state index in [2.05, 4.69) is 26.2 Å². The molecule has 0 fully saturated rings. The van der Waals surface area contributed by atoms with E-state index in [-0.39, 0.29) is 23.3 Å². The molecule has 0 saturated heterocycles. The predicted molar refractivity (Wildman–Crippen MR) is 121 cm³/mol. The van der Waals surface area contributed by atoms with Gasteiger partial charge in [-0.05, 0) is 56.9 Å². The van der Waals surface area contributed by atoms with E-state index in [9.17, 15) is 9.59 Å². The van der Waals surface area contributed by atoms with Crippen molar-refractivity contribution >= 4 is 11.8 Å². The van der Waals surface area contributed by atoms with Gasteiger partial charge in [-0.15, -0.1) is 0 Å². The number of carbonyl (C=O) groups excluding carboxylic acids is 2. The normalized spacial score (nSPS) is 12.3. The molecule has 5 nitrogen and oxygen atoms in total. The molecule has 30 heavy (non-hydrogen) atoms. The van der Waals surface area contributed by atoms with Crippen molar-refractivity contribution in [1.29, 1.82) is 0 Å². The number of hydrazine groups is 1. The van der Waals surface area contributed by atoms with E-state index in [4.69, 9.17) is 4.74 Å². The summed E-state index contributed by atoms with van der Waals surface area (Å²) in [6, 6.07) is 10.9. The van der Waals surface area contributed by atoms with Gasteiger partial charge in [0.1, 0.15) is 5.75 Å². The second-order valence-electron chi connectivity index (χ2n) is 8.92. The molecule has 0 aliphatic rings. The van der Waals surface area contributed by atoms with Gasteiger partial charge in [-0.25, -0.2) is 5.01 Å². The standard InChI is InChI=1S/C25H34N2O3/c1-9-22(25(5,6)7)27(24(29)19-14-16(2)13-17(3)15-19)26-23(28)20-11-10-12-21(30-8)18(20)4/h10-15,22H,9H2,1-8H3,(H,26,28)/t22-/m1/s1. The van der Waals surface area contributed by atoms with Crippen molar-refractivity contribution in [3.63, 3.8) is 0 Å². The number of amides is 2. The Kier molecular flexibility index (Phi) is 7.30. The Morgan fingerprint density at radius 2 is 1.67 bits per heavy atom. The zero-order chi connectivity index (χ0) is 22.6. The second-order valence-corrected chi connectivity index (χ2v) is 8.92. The van der Waals surface area contributed by atoms with Crippen molar-refractivity contribution < 1.29 is 14.3 Å². The van der Waals surface area contributed by atoms with Crippen molar-refractivity contribution in [2.45, 2.75) is 60.9 Å². The summed E-state index contributed by atoms with van der Waals surface area (Å²) >= 11 is 0. The summed E-state index contributed by atoms with van der Waals surface area (Å²) in [5.74, 6) is 0.0991. The highest BCUT2D eigenvalue weighted by Gasteiger charge is 2.34. The van der Waals surface area contributed by atoms with Crippen LogP contribution in [0, 0.1) is 26.2 Å². The Morgan fingerprint density at radius 1 is 1.07 bits per heavy atom. The third kappa shape index (κ3) is 5.21. The van der Waals surface area contributed by atoms with Gasteiger partial charge in [0.15, 0.2) is 0 Å². The number of rotatable bonds is 5. The van der Waals surface area contributed by atoms with E-state index in [1.807, 2.05) is 52.0 Å². The molecule has 0 aliphatic carbocycles. The van der Waals surface area contributed by atoms with Gasteiger partial charge in [-0.3, -0.25) is 15.0 Å². The van der Waals surface area contributed by atoms with Crippen LogP contribution in [0.2, 0.25) is 0 Å². The molecule has 0 saturated carbocycles. The van der Waals surface area contributed by atoms with Crippen LogP contribution in [0.5, 0.6) is 5.75 Å². The van der Waals surface area contributed by atoms with Gasteiger partial charge in [0, 0.05) is 16.7 Å². The number of methoxy groups -OCH3 is 1. The molecule has 1 atom stereocenters. The Hall–Kier alpha value is -2.82. The molecule has 2 aromatic carbocycles. The number of hydrogen-bond acceptors (Lipinski definition) is 3. The van der Waals surface area contributed by atoms with E-state index < -0.39 is 0 Å². The van der Waals surface area contributed by atoms with Crippen LogP contribution in [-0.4, -0.2) is 30.0 Å². The molecule has 2 amide bonds. The van der Waals surface area contributed by atoms with Crippen LogP contribution in [0.15, 0.2) is 36.4 Å². The molecule has 0 aliphatic heterocycles. The first-order valence-electron chi connectivity index (χ1n) is 10.4. The monoisotopic (exact) mass is 410 g/mol. The first kappa shape index (κ1) is 23.5. The predicted octanol–water partition coefficient (Wildman–Crippen LogP) is 5.23. The maximum absolute atomic E-state index is 13.6. The minimum Gasteiger partial charge on any atom is -0.496 e. The lowest BCUT2D eigenvalue weighted by Crippen LogP contribution is -2.56. The number of carbonyl (C=O) groups is 2. The van der Waals surface area contributed by atoms with Gasteiger partial charge in [-0.2, -0.15) is 0 Å². The van der Waals surface area contributed by atoms with Crippen LogP contribution in [0.4, 0.5) is 0 Å². The van der Waals surface area contributed by atoms with E-state index >= 15 is 0 Å². The number of hydrogen-bond donors (Lipinski definition) is 1. The minimum absolute atomic E-state index is 0.180. The topological polar surface area (TPSA) is 58.6 Å². The number of nitrogens with zero attached hydrogens (tertiary/aromatic N) is 1. The number of benzene rings is 2. The summed E-state index contributed by atoms with van der Waals surface area (Å²) in [5.41, 5.74) is 6.50. The van der Waals surface area contributed by atoms with E-state index in [0.29, 0.717) is 23.3 Å². The molecule has 0 unspecified atom stereocenters. The Morgan fingerprint density at radius 3 is 2.17 bits per heavy atom. The van der Waals surface area contributed by atoms with Gasteiger partial charge >= 0.3 is 0 Å². The third-order valence-electron chi connectivity index (χ3n) is 5.36. The molecule has 2 rings (SSSR count). The first-order valence-corrected chi connectivity index (χ1v) is 10.4. The zero-order valence-electron chi connectivity index (χ0n) is 19.4. The van der Waals surface area contributed by atoms with Gasteiger partial charge in [0.05, 0.1) is 13.2 Å². The van der Waals surface area contributed by atoms with Gasteiger partial charge in [0.25, 0.3) is 11.8 Å². The first-order chi connectivity index (χ1) is 14.0. The van der Waals surface area contributed by atoms with Gasteiger partial charge in [-0.1, -0.05) is 51.0 Å². The zero-order valence-corrected chi connectivity index (χ0v) is 19.4. The largest absolute Gasteiger partial charge is 0.496 e. The molecule has 0 spiro atoms. The van der Waals surface area contributed by atoms with Crippen LogP contribution >= 0.6 is 0 Å². The van der Waals surface area contributed by atoms with E-state index in [1.54, 1.807) is 19.2 Å². The Bertz CT molecular complexity index is 908. The van der Waals surface area contributed by atoms with Crippen molar-refractivity contribution in [2.24, 2.45) is 5.41 Å². The molecule has 1 N–H and O–H groups in total. The molecule has 0 aromatic heterocycles. The quantitative estimate of drug-likeness (QED) is 0.687. The summed E-state index contributed by atoms with van der Waals surface area (Å²) in [6.45, 7) is 14.0. The van der Waals surface area contributed by atoms with E-state index in [1.165, 1.54) is 5.01 Å². The van der Waals surface area contributed by atoms with Gasteiger partial charge < -0.3 is 4.74 Å². The number of aryl methyl sites for hydroxylation is 2. The lowest BCUT2D eigenvalue weighted by Gasteiger charge is -2.39. The van der Waals surface area contributed by atoms with Gasteiger partial charge in [0.2, 0.25) is 0 Å². The fourth-order valence-corrected chi connectivity index (χ4v) is 3.94. The molecular formula is C25H34N2O3. The molecule has 2 aromatic rings. The molecule has 0 radical (unpaired) electrons. The van der Waals surface area contributed by atoms with Crippen LogP contribution in [0.3, 0.4) is 0 Å². The molecule has 0 heterocycles. The maximum atomic E-state index is 13.6. The van der Waals surface area contributed by atoms with Crippen LogP contribution in [0.1, 0.15) is 71.5 Å². The maximum Gasteiger partial charge on any atom is 0.272 e. The summed E-state index contributed by atoms with van der Waals surface area (Å²) in [7, 11) is 1.58. The van der Waals surface area contributed by atoms with Crippen LogP contribution in [0.25, 0.3) is 0 Å². The van der Waals surface area contributed by atoms with Crippen molar-refractivity contribution in [1.82, 2.24) is 10.4 Å². The fraction of sp³-hybridized carbons (Fsp3) is 0.440. The molecule has 5 heteroatoms. The highest BCUT2D eigenvalue weighted by Crippen LogP contribution is 2.28. The van der Waals surface area contributed by atoms with E-state index in [0.717, 1.165) is 16.7 Å². The summed E-state index contributed by atoms with van der Waals surface area (Å²) < 4.78 is 5.35. The highest BCUT2D eigenvalue weighted by molar-refractivity contribution is 6.00. The Labute approximate surface area is 180 Å². The molecule has 162 valence electrons. The van der Waals surface area contributed by atoms with Crippen LogP contribution in [-0.2, 0) is 0 Å². The number of ether oxygens (including phenoxy) is 1. The minimum atomic E-state index is -0.327. The van der Waals surface area contributed by atoms with Crippen molar-refractivity contribution in [3.05, 3.63) is 64.2 Å². The lowest BCUT2D eigenvalue weighted by atomic mass is 9.84. The average Bonchev–Trinajstić information content (AvgIpc) is 2.65. The Balaban J connectivity index is 2.49. The highest BCUT2D eigenvalue weighted by atomic mass is 16.5. The van der Waals surface area contributed by atoms with Crippen molar-refractivity contribution in [2.75, 3.05) is 7.11 Å².